The quantitative estimate of drug-likeness (QED) is 0.847. The number of aromatic nitrogens is 4. The van der Waals surface area contributed by atoms with Gasteiger partial charge in [0.15, 0.2) is 5.82 Å². The van der Waals surface area contributed by atoms with E-state index in [0.29, 0.717) is 16.8 Å². The van der Waals surface area contributed by atoms with E-state index < -0.39 is 0 Å². The monoisotopic (exact) mass is 309 g/mol. The van der Waals surface area contributed by atoms with Gasteiger partial charge in [-0.15, -0.1) is 0 Å². The Bertz CT molecular complexity index is 573. The van der Waals surface area contributed by atoms with Crippen LogP contribution in [0.1, 0.15) is 24.6 Å². The average molecular weight is 310 g/mol. The molecule has 3 rings (SSSR count). The van der Waals surface area contributed by atoms with Gasteiger partial charge in [-0.2, -0.15) is 10.1 Å². The van der Waals surface area contributed by atoms with Gasteiger partial charge >= 0.3 is 0 Å². The molecule has 7 heteroatoms. The Labute approximate surface area is 129 Å². The minimum Gasteiger partial charge on any atom is -0.340 e. The van der Waals surface area contributed by atoms with Gasteiger partial charge in [-0.05, 0) is 31.8 Å². The number of hydrogen-bond acceptors (Lipinski definition) is 5. The summed E-state index contributed by atoms with van der Waals surface area (Å²) in [7, 11) is 0. The van der Waals surface area contributed by atoms with Gasteiger partial charge in [-0.1, -0.05) is 16.8 Å². The molecule has 0 atom stereocenters. The maximum Gasteiger partial charge on any atom is 0.223 e. The molecular formula is C14H20ClN5O. The summed E-state index contributed by atoms with van der Waals surface area (Å²) >= 11 is 5.86. The van der Waals surface area contributed by atoms with Crippen molar-refractivity contribution in [1.29, 1.82) is 0 Å². The average Bonchev–Trinajstić information content (AvgIpc) is 3.07. The molecule has 114 valence electrons. The van der Waals surface area contributed by atoms with E-state index in [1.54, 1.807) is 6.20 Å². The van der Waals surface area contributed by atoms with Crippen LogP contribution in [0.5, 0.6) is 0 Å². The van der Waals surface area contributed by atoms with Crippen molar-refractivity contribution in [2.45, 2.75) is 32.7 Å². The van der Waals surface area contributed by atoms with Crippen molar-refractivity contribution < 1.29 is 4.52 Å². The highest BCUT2D eigenvalue weighted by atomic mass is 35.5. The summed E-state index contributed by atoms with van der Waals surface area (Å²) in [5.74, 6) is 2.16. The summed E-state index contributed by atoms with van der Waals surface area (Å²) in [4.78, 5) is 6.77. The van der Waals surface area contributed by atoms with Crippen LogP contribution in [0.3, 0.4) is 0 Å². The molecule has 0 bridgehead atoms. The third-order valence-electron chi connectivity index (χ3n) is 4.00. The number of halogens is 1. The molecule has 2 aromatic rings. The number of rotatable bonds is 5. The van der Waals surface area contributed by atoms with Crippen molar-refractivity contribution >= 4 is 11.6 Å². The van der Waals surface area contributed by atoms with Gasteiger partial charge < -0.3 is 9.42 Å². The maximum absolute atomic E-state index is 5.86. The fraction of sp³-hybridized carbons (Fsp3) is 0.643. The molecule has 0 saturated carbocycles. The summed E-state index contributed by atoms with van der Waals surface area (Å²) in [5.41, 5.74) is 0. The molecule has 6 nitrogen and oxygen atoms in total. The van der Waals surface area contributed by atoms with Crippen LogP contribution in [0.2, 0.25) is 5.02 Å². The minimum atomic E-state index is 0.653. The highest BCUT2D eigenvalue weighted by Crippen LogP contribution is 2.20. The standard InChI is InChI=1S/C14H20ClN5O/c1-11-17-14(18-21-11)8-12-2-4-19(5-3-12)6-7-20-10-13(15)9-16-20/h9-10,12H,2-8H2,1H3. The van der Waals surface area contributed by atoms with Gasteiger partial charge in [0, 0.05) is 26.1 Å². The molecule has 0 N–H and O–H groups in total. The van der Waals surface area contributed by atoms with Crippen LogP contribution in [0.25, 0.3) is 0 Å². The van der Waals surface area contributed by atoms with Gasteiger partial charge in [0.05, 0.1) is 17.8 Å². The Morgan fingerprint density at radius 2 is 2.14 bits per heavy atom. The van der Waals surface area contributed by atoms with Crippen LogP contribution in [0.15, 0.2) is 16.9 Å². The topological polar surface area (TPSA) is 60.0 Å². The summed E-state index contributed by atoms with van der Waals surface area (Å²) in [6.07, 6.45) is 6.86. The molecule has 0 aliphatic carbocycles. The second kappa shape index (κ2) is 6.58. The van der Waals surface area contributed by atoms with Crippen LogP contribution < -0.4 is 0 Å². The Hall–Kier alpha value is -1.40. The number of aryl methyl sites for hydroxylation is 1. The molecule has 1 fully saturated rings. The second-order valence-electron chi connectivity index (χ2n) is 5.64. The number of hydrogen-bond donors (Lipinski definition) is 0. The van der Waals surface area contributed by atoms with Gasteiger partial charge in [-0.3, -0.25) is 4.68 Å². The summed E-state index contributed by atoms with van der Waals surface area (Å²) in [6.45, 7) is 5.99. The zero-order chi connectivity index (χ0) is 14.7. The fourth-order valence-electron chi connectivity index (χ4n) is 2.80. The smallest absolute Gasteiger partial charge is 0.223 e. The summed E-state index contributed by atoms with van der Waals surface area (Å²) < 4.78 is 6.92. The lowest BCUT2D eigenvalue weighted by molar-refractivity contribution is 0.175. The Balaban J connectivity index is 1.40. The highest BCUT2D eigenvalue weighted by Gasteiger charge is 2.21. The number of nitrogens with zero attached hydrogens (tertiary/aromatic N) is 5. The Kier molecular flexibility index (Phi) is 4.55. The van der Waals surface area contributed by atoms with Crippen LogP contribution >= 0.6 is 11.6 Å². The first-order valence-corrected chi connectivity index (χ1v) is 7.76. The molecule has 1 saturated heterocycles. The van der Waals surface area contributed by atoms with Crippen LogP contribution in [-0.2, 0) is 13.0 Å². The minimum absolute atomic E-state index is 0.653. The molecule has 0 amide bonds. The molecule has 1 aliphatic rings. The van der Waals surface area contributed by atoms with Gasteiger partial charge in [0.2, 0.25) is 5.89 Å². The van der Waals surface area contributed by atoms with Gasteiger partial charge in [0.1, 0.15) is 0 Å². The van der Waals surface area contributed by atoms with Crippen molar-refractivity contribution in [3.05, 3.63) is 29.1 Å². The normalized spacial score (nSPS) is 17.4. The van der Waals surface area contributed by atoms with E-state index in [0.717, 1.165) is 38.4 Å². The lowest BCUT2D eigenvalue weighted by atomic mass is 9.93. The van der Waals surface area contributed by atoms with E-state index in [4.69, 9.17) is 16.1 Å². The largest absolute Gasteiger partial charge is 0.340 e. The maximum atomic E-state index is 5.86. The van der Waals surface area contributed by atoms with Crippen LogP contribution in [0.4, 0.5) is 0 Å². The van der Waals surface area contributed by atoms with Crippen LogP contribution in [0, 0.1) is 12.8 Å². The molecular weight excluding hydrogens is 290 g/mol. The predicted octanol–water partition coefficient (Wildman–Crippen LogP) is 2.18. The summed E-state index contributed by atoms with van der Waals surface area (Å²) in [6, 6.07) is 0. The predicted molar refractivity (Wildman–Crippen MR) is 79.1 cm³/mol. The van der Waals surface area contributed by atoms with Crippen molar-refractivity contribution in [1.82, 2.24) is 24.8 Å². The summed E-state index contributed by atoms with van der Waals surface area (Å²) in [5, 5.41) is 8.89. The molecule has 0 aromatic carbocycles. The Morgan fingerprint density at radius 3 is 2.76 bits per heavy atom. The fourth-order valence-corrected chi connectivity index (χ4v) is 2.96. The molecule has 21 heavy (non-hydrogen) atoms. The third-order valence-corrected chi connectivity index (χ3v) is 4.19. The van der Waals surface area contributed by atoms with Crippen LogP contribution in [-0.4, -0.2) is 44.5 Å². The molecule has 3 heterocycles. The second-order valence-corrected chi connectivity index (χ2v) is 6.08. The molecule has 0 radical (unpaired) electrons. The van der Waals surface area contributed by atoms with E-state index in [1.165, 1.54) is 12.8 Å². The van der Waals surface area contributed by atoms with E-state index in [-0.39, 0.29) is 0 Å². The zero-order valence-corrected chi connectivity index (χ0v) is 13.0. The van der Waals surface area contributed by atoms with Crippen molar-refractivity contribution in [2.24, 2.45) is 5.92 Å². The van der Waals surface area contributed by atoms with E-state index in [1.807, 2.05) is 17.8 Å². The number of likely N-dealkylation sites (tertiary alicyclic amines) is 1. The number of piperidine rings is 1. The van der Waals surface area contributed by atoms with Gasteiger partial charge in [0.25, 0.3) is 0 Å². The van der Waals surface area contributed by atoms with Crippen molar-refractivity contribution in [3.8, 4) is 0 Å². The van der Waals surface area contributed by atoms with Gasteiger partial charge in [-0.25, -0.2) is 0 Å². The molecule has 0 spiro atoms. The molecule has 2 aromatic heterocycles. The lowest BCUT2D eigenvalue weighted by Crippen LogP contribution is -2.36. The van der Waals surface area contributed by atoms with E-state index in [2.05, 4.69) is 20.1 Å². The highest BCUT2D eigenvalue weighted by molar-refractivity contribution is 6.30. The molecule has 1 aliphatic heterocycles. The Morgan fingerprint density at radius 1 is 1.33 bits per heavy atom. The van der Waals surface area contributed by atoms with Crippen molar-refractivity contribution in [3.63, 3.8) is 0 Å². The first-order chi connectivity index (χ1) is 10.2. The van der Waals surface area contributed by atoms with E-state index in [9.17, 15) is 0 Å². The third kappa shape index (κ3) is 4.04. The van der Waals surface area contributed by atoms with E-state index >= 15 is 0 Å². The zero-order valence-electron chi connectivity index (χ0n) is 12.2. The molecule has 0 unspecified atom stereocenters. The van der Waals surface area contributed by atoms with Crippen molar-refractivity contribution in [2.75, 3.05) is 19.6 Å². The first-order valence-electron chi connectivity index (χ1n) is 7.38. The lowest BCUT2D eigenvalue weighted by Gasteiger charge is -2.31. The SMILES string of the molecule is Cc1nc(CC2CCN(CCn3cc(Cl)cn3)CC2)no1. The first kappa shape index (κ1) is 14.5.